The van der Waals surface area contributed by atoms with Gasteiger partial charge in [-0.15, -0.1) is 0 Å². The highest BCUT2D eigenvalue weighted by Crippen LogP contribution is 2.19. The zero-order chi connectivity index (χ0) is 13.1. The number of aromatic nitrogens is 1. The van der Waals surface area contributed by atoms with E-state index >= 15 is 0 Å². The number of carbonyl (C=O) groups is 1. The normalized spacial score (nSPS) is 13.4. The van der Waals surface area contributed by atoms with Crippen LogP contribution in [0.25, 0.3) is 0 Å². The maximum Gasteiger partial charge on any atom is 0.343 e. The van der Waals surface area contributed by atoms with Crippen molar-refractivity contribution in [2.45, 2.75) is 46.1 Å². The molecule has 0 spiro atoms. The van der Waals surface area contributed by atoms with Gasteiger partial charge in [0.1, 0.15) is 5.56 Å². The summed E-state index contributed by atoms with van der Waals surface area (Å²) in [6.07, 6.45) is 3.63. The van der Waals surface area contributed by atoms with Gasteiger partial charge >= 0.3 is 5.97 Å². The van der Waals surface area contributed by atoms with Crippen molar-refractivity contribution in [3.8, 4) is 0 Å². The highest BCUT2D eigenvalue weighted by Gasteiger charge is 2.23. The Bertz CT molecular complexity index is 517. The lowest BCUT2D eigenvalue weighted by Crippen LogP contribution is -2.25. The van der Waals surface area contributed by atoms with E-state index in [-0.39, 0.29) is 11.0 Å². The number of nitrogens with zero attached hydrogens (tertiary/aromatic N) is 1. The van der Waals surface area contributed by atoms with Gasteiger partial charge in [0.05, 0.1) is 6.61 Å². The third kappa shape index (κ3) is 2.19. The zero-order valence-corrected chi connectivity index (χ0v) is 11.0. The molecule has 0 aliphatic carbocycles. The lowest BCUT2D eigenvalue weighted by atomic mass is 10.1. The highest BCUT2D eigenvalue weighted by molar-refractivity contribution is 5.90. The molecule has 4 heteroatoms. The summed E-state index contributed by atoms with van der Waals surface area (Å²) in [5, 5.41) is 0. The quantitative estimate of drug-likeness (QED) is 0.766. The van der Waals surface area contributed by atoms with Gasteiger partial charge in [0.25, 0.3) is 0 Å². The first-order valence-electron chi connectivity index (χ1n) is 6.61. The van der Waals surface area contributed by atoms with Crippen LogP contribution < -0.4 is 5.43 Å². The van der Waals surface area contributed by atoms with Crippen molar-refractivity contribution in [2.75, 3.05) is 6.61 Å². The van der Waals surface area contributed by atoms with E-state index in [9.17, 15) is 9.59 Å². The van der Waals surface area contributed by atoms with E-state index in [1.165, 1.54) is 0 Å². The van der Waals surface area contributed by atoms with Crippen LogP contribution >= 0.6 is 0 Å². The topological polar surface area (TPSA) is 48.3 Å². The van der Waals surface area contributed by atoms with Crippen LogP contribution in [-0.2, 0) is 24.1 Å². The molecule has 18 heavy (non-hydrogen) atoms. The first kappa shape index (κ1) is 12.9. The number of ether oxygens (including phenoxy) is 1. The molecule has 0 saturated carbocycles. The van der Waals surface area contributed by atoms with E-state index in [1.54, 1.807) is 13.0 Å². The van der Waals surface area contributed by atoms with E-state index in [4.69, 9.17) is 4.74 Å². The first-order chi connectivity index (χ1) is 8.69. The SMILES string of the molecule is CCCc1c(C(=O)OCC)c(=O)cc2n1CCC2. The molecule has 4 nitrogen and oxygen atoms in total. The van der Waals surface area contributed by atoms with Gasteiger partial charge in [0.2, 0.25) is 0 Å². The molecule has 0 saturated heterocycles. The summed E-state index contributed by atoms with van der Waals surface area (Å²) in [7, 11) is 0. The number of hydrogen-bond acceptors (Lipinski definition) is 3. The molecule has 1 aliphatic heterocycles. The average molecular weight is 249 g/mol. The van der Waals surface area contributed by atoms with Gasteiger partial charge in [-0.05, 0) is 26.2 Å². The molecule has 0 aromatic carbocycles. The lowest BCUT2D eigenvalue weighted by molar-refractivity contribution is 0.0522. The summed E-state index contributed by atoms with van der Waals surface area (Å²) >= 11 is 0. The van der Waals surface area contributed by atoms with E-state index in [0.717, 1.165) is 43.6 Å². The third-order valence-corrected chi connectivity index (χ3v) is 3.29. The predicted molar refractivity (Wildman–Crippen MR) is 69.0 cm³/mol. The Balaban J connectivity index is 2.56. The van der Waals surface area contributed by atoms with Crippen LogP contribution in [0.15, 0.2) is 10.9 Å². The molecule has 1 aliphatic rings. The van der Waals surface area contributed by atoms with Crippen LogP contribution in [0, 0.1) is 0 Å². The molecule has 0 fully saturated rings. The van der Waals surface area contributed by atoms with Crippen molar-refractivity contribution in [3.05, 3.63) is 33.2 Å². The Morgan fingerprint density at radius 3 is 2.89 bits per heavy atom. The molecule has 1 aromatic rings. The average Bonchev–Trinajstić information content (AvgIpc) is 2.77. The minimum Gasteiger partial charge on any atom is -0.462 e. The van der Waals surface area contributed by atoms with Gasteiger partial charge in [-0.2, -0.15) is 0 Å². The monoisotopic (exact) mass is 249 g/mol. The Morgan fingerprint density at radius 1 is 1.44 bits per heavy atom. The summed E-state index contributed by atoms with van der Waals surface area (Å²) in [6, 6.07) is 1.60. The second-order valence-electron chi connectivity index (χ2n) is 4.55. The molecular weight excluding hydrogens is 230 g/mol. The molecular formula is C14H19NO3. The van der Waals surface area contributed by atoms with Gasteiger partial charge in [0.15, 0.2) is 5.43 Å². The number of rotatable bonds is 4. The summed E-state index contributed by atoms with van der Waals surface area (Å²) in [5.74, 6) is -0.479. The number of esters is 1. The Kier molecular flexibility index (Phi) is 3.84. The van der Waals surface area contributed by atoms with E-state index in [2.05, 4.69) is 4.57 Å². The van der Waals surface area contributed by atoms with Gasteiger partial charge in [-0.3, -0.25) is 4.79 Å². The van der Waals surface area contributed by atoms with Crippen molar-refractivity contribution in [1.82, 2.24) is 4.57 Å². The highest BCUT2D eigenvalue weighted by atomic mass is 16.5. The third-order valence-electron chi connectivity index (χ3n) is 3.29. The predicted octanol–water partition coefficient (Wildman–Crippen LogP) is 1.92. The maximum atomic E-state index is 12.1. The standard InChI is InChI=1S/C14H19NO3/c1-3-6-11-13(14(17)18-4-2)12(16)9-10-7-5-8-15(10)11/h9H,3-8H2,1-2H3. The molecule has 1 aromatic heterocycles. The van der Waals surface area contributed by atoms with Crippen LogP contribution in [0.1, 0.15) is 48.4 Å². The van der Waals surface area contributed by atoms with E-state index in [1.807, 2.05) is 6.92 Å². The number of hydrogen-bond donors (Lipinski definition) is 0. The van der Waals surface area contributed by atoms with Crippen LogP contribution in [0.4, 0.5) is 0 Å². The molecule has 0 atom stereocenters. The molecule has 98 valence electrons. The summed E-state index contributed by atoms with van der Waals surface area (Å²) < 4.78 is 7.13. The minimum atomic E-state index is -0.479. The van der Waals surface area contributed by atoms with Gasteiger partial charge < -0.3 is 9.30 Å². The fourth-order valence-electron chi connectivity index (χ4n) is 2.57. The van der Waals surface area contributed by atoms with Crippen LogP contribution in [0.5, 0.6) is 0 Å². The number of pyridine rings is 1. The fraction of sp³-hybridized carbons (Fsp3) is 0.571. The first-order valence-corrected chi connectivity index (χ1v) is 6.61. The second-order valence-corrected chi connectivity index (χ2v) is 4.55. The van der Waals surface area contributed by atoms with Crippen molar-refractivity contribution in [2.24, 2.45) is 0 Å². The van der Waals surface area contributed by atoms with Gasteiger partial charge in [-0.1, -0.05) is 13.3 Å². The number of carbonyl (C=O) groups excluding carboxylic acids is 1. The molecule has 0 unspecified atom stereocenters. The summed E-state index contributed by atoms with van der Waals surface area (Å²) in [5.41, 5.74) is 1.96. The fourth-order valence-corrected chi connectivity index (χ4v) is 2.57. The van der Waals surface area contributed by atoms with E-state index in [0.29, 0.717) is 6.61 Å². The minimum absolute atomic E-state index is 0.190. The van der Waals surface area contributed by atoms with Crippen molar-refractivity contribution >= 4 is 5.97 Å². The second kappa shape index (κ2) is 5.38. The molecule has 0 radical (unpaired) electrons. The molecule has 0 N–H and O–H groups in total. The Labute approximate surface area is 107 Å². The van der Waals surface area contributed by atoms with Crippen molar-refractivity contribution in [3.63, 3.8) is 0 Å². The summed E-state index contributed by atoms with van der Waals surface area (Å²) in [4.78, 5) is 24.0. The molecule has 2 heterocycles. The molecule has 0 bridgehead atoms. The van der Waals surface area contributed by atoms with Crippen LogP contribution in [0.3, 0.4) is 0 Å². The molecule has 2 rings (SSSR count). The Hall–Kier alpha value is -1.58. The smallest absolute Gasteiger partial charge is 0.343 e. The molecule has 0 amide bonds. The maximum absolute atomic E-state index is 12.1. The van der Waals surface area contributed by atoms with Gasteiger partial charge in [-0.25, -0.2) is 4.79 Å². The van der Waals surface area contributed by atoms with E-state index < -0.39 is 5.97 Å². The van der Waals surface area contributed by atoms with Crippen molar-refractivity contribution < 1.29 is 9.53 Å². The van der Waals surface area contributed by atoms with Crippen LogP contribution in [-0.4, -0.2) is 17.1 Å². The summed E-state index contributed by atoms with van der Waals surface area (Å²) in [6.45, 7) is 5.00. The zero-order valence-electron chi connectivity index (χ0n) is 11.0. The lowest BCUT2D eigenvalue weighted by Gasteiger charge is -2.15. The number of aryl methyl sites for hydroxylation is 1. The largest absolute Gasteiger partial charge is 0.462 e. The van der Waals surface area contributed by atoms with Gasteiger partial charge in [0, 0.05) is 24.0 Å². The van der Waals surface area contributed by atoms with Crippen molar-refractivity contribution in [1.29, 1.82) is 0 Å². The number of fused-ring (bicyclic) bond motifs is 1. The van der Waals surface area contributed by atoms with Crippen LogP contribution in [0.2, 0.25) is 0 Å². The Morgan fingerprint density at radius 2 is 2.22 bits per heavy atom.